The van der Waals surface area contributed by atoms with Gasteiger partial charge in [0.25, 0.3) is 0 Å². The highest BCUT2D eigenvalue weighted by atomic mass is 79.9. The van der Waals surface area contributed by atoms with Crippen molar-refractivity contribution in [2.45, 2.75) is 44.2 Å². The van der Waals surface area contributed by atoms with Gasteiger partial charge in [-0.25, -0.2) is 13.2 Å². The van der Waals surface area contributed by atoms with Crippen LogP contribution in [0.4, 0.5) is 13.2 Å². The zero-order chi connectivity index (χ0) is 14.0. The molecule has 0 amide bonds. The quantitative estimate of drug-likeness (QED) is 0.759. The number of hydrogen-bond acceptors (Lipinski definition) is 1. The zero-order valence-electron chi connectivity index (χ0n) is 10.2. The largest absolute Gasteiger partial charge is 0.310 e. The molecule has 0 heterocycles. The molecule has 1 fully saturated rings. The van der Waals surface area contributed by atoms with Crippen LogP contribution in [0.2, 0.25) is 5.02 Å². The van der Waals surface area contributed by atoms with Crippen molar-refractivity contribution >= 4 is 27.5 Å². The standard InChI is InChI=1S/C13H14BrClF3N/c14-10-6-11(15)8(5-12(10)16)7-19-9-1-3-13(17,18)4-2-9/h5-6,9,19H,1-4,7H2. The van der Waals surface area contributed by atoms with E-state index in [0.29, 0.717) is 34.4 Å². The molecule has 0 aromatic heterocycles. The molecule has 1 aliphatic rings. The first kappa shape index (κ1) is 15.1. The van der Waals surface area contributed by atoms with Gasteiger partial charge in [-0.3, -0.25) is 0 Å². The van der Waals surface area contributed by atoms with Crippen LogP contribution in [-0.4, -0.2) is 12.0 Å². The Labute approximate surface area is 123 Å². The van der Waals surface area contributed by atoms with E-state index in [1.807, 2.05) is 0 Å². The summed E-state index contributed by atoms with van der Waals surface area (Å²) in [6, 6.07) is 2.90. The van der Waals surface area contributed by atoms with Crippen LogP contribution in [0.15, 0.2) is 16.6 Å². The topological polar surface area (TPSA) is 12.0 Å². The Bertz CT molecular complexity index is 457. The minimum atomic E-state index is -2.53. The Balaban J connectivity index is 1.91. The summed E-state index contributed by atoms with van der Waals surface area (Å²) in [6.45, 7) is 0.388. The molecule has 19 heavy (non-hydrogen) atoms. The monoisotopic (exact) mass is 355 g/mol. The molecule has 1 aromatic rings. The normalized spacial score (nSPS) is 19.6. The average Bonchev–Trinajstić information content (AvgIpc) is 2.33. The molecular weight excluding hydrogens is 343 g/mol. The SMILES string of the molecule is Fc1cc(CNC2CCC(F)(F)CC2)c(Cl)cc1Br. The summed E-state index contributed by atoms with van der Waals surface area (Å²) in [6.07, 6.45) is 0.688. The third kappa shape index (κ3) is 4.10. The van der Waals surface area contributed by atoms with E-state index in [2.05, 4.69) is 21.2 Å². The highest BCUT2D eigenvalue weighted by molar-refractivity contribution is 9.10. The second-order valence-electron chi connectivity index (χ2n) is 4.87. The van der Waals surface area contributed by atoms with Crippen LogP contribution < -0.4 is 5.32 Å². The van der Waals surface area contributed by atoms with E-state index in [0.717, 1.165) is 0 Å². The van der Waals surface area contributed by atoms with Gasteiger partial charge in [0.05, 0.1) is 4.47 Å². The maximum Gasteiger partial charge on any atom is 0.248 e. The molecule has 0 aliphatic heterocycles. The van der Waals surface area contributed by atoms with Crippen LogP contribution in [0.25, 0.3) is 0 Å². The molecule has 0 atom stereocenters. The van der Waals surface area contributed by atoms with Crippen LogP contribution in [0.5, 0.6) is 0 Å². The van der Waals surface area contributed by atoms with E-state index in [9.17, 15) is 13.2 Å². The smallest absolute Gasteiger partial charge is 0.248 e. The summed E-state index contributed by atoms with van der Waals surface area (Å²) in [5, 5.41) is 3.62. The van der Waals surface area contributed by atoms with E-state index < -0.39 is 5.92 Å². The molecule has 0 saturated heterocycles. The summed E-state index contributed by atoms with van der Waals surface area (Å²) in [4.78, 5) is 0. The third-order valence-electron chi connectivity index (χ3n) is 3.39. The lowest BCUT2D eigenvalue weighted by atomic mass is 9.92. The van der Waals surface area contributed by atoms with Crippen molar-refractivity contribution < 1.29 is 13.2 Å². The molecule has 1 N–H and O–H groups in total. The van der Waals surface area contributed by atoms with Gasteiger partial charge in [-0.05, 0) is 46.5 Å². The minimum Gasteiger partial charge on any atom is -0.310 e. The van der Waals surface area contributed by atoms with Gasteiger partial charge < -0.3 is 5.32 Å². The van der Waals surface area contributed by atoms with Crippen molar-refractivity contribution in [1.82, 2.24) is 5.32 Å². The van der Waals surface area contributed by atoms with Gasteiger partial charge in [0.15, 0.2) is 0 Å². The Hall–Kier alpha value is -0.260. The predicted octanol–water partition coefficient (Wildman–Crippen LogP) is 4.91. The molecule has 0 unspecified atom stereocenters. The van der Waals surface area contributed by atoms with Crippen LogP contribution in [0.1, 0.15) is 31.2 Å². The van der Waals surface area contributed by atoms with Crippen LogP contribution >= 0.6 is 27.5 Å². The van der Waals surface area contributed by atoms with Crippen molar-refractivity contribution in [2.24, 2.45) is 0 Å². The molecule has 0 spiro atoms. The Morgan fingerprint density at radius 1 is 1.32 bits per heavy atom. The Kier molecular flexibility index (Phi) is 4.79. The van der Waals surface area contributed by atoms with Gasteiger partial charge in [-0.2, -0.15) is 0 Å². The van der Waals surface area contributed by atoms with Gasteiger partial charge in [0, 0.05) is 30.5 Å². The van der Waals surface area contributed by atoms with Crippen molar-refractivity contribution in [3.05, 3.63) is 33.0 Å². The third-order valence-corrected chi connectivity index (χ3v) is 4.35. The summed E-state index contributed by atoms with van der Waals surface area (Å²) < 4.78 is 39.7. The highest BCUT2D eigenvalue weighted by Gasteiger charge is 2.34. The Morgan fingerprint density at radius 2 is 1.95 bits per heavy atom. The first-order valence-electron chi connectivity index (χ1n) is 6.12. The second kappa shape index (κ2) is 6.02. The van der Waals surface area contributed by atoms with Gasteiger partial charge in [-0.1, -0.05) is 11.6 Å². The van der Waals surface area contributed by atoms with E-state index in [-0.39, 0.29) is 24.7 Å². The highest BCUT2D eigenvalue weighted by Crippen LogP contribution is 2.33. The molecule has 6 heteroatoms. The lowest BCUT2D eigenvalue weighted by Gasteiger charge is -2.29. The fourth-order valence-electron chi connectivity index (χ4n) is 2.20. The molecular formula is C13H14BrClF3N. The lowest BCUT2D eigenvalue weighted by Crippen LogP contribution is -2.36. The van der Waals surface area contributed by atoms with Gasteiger partial charge in [0.1, 0.15) is 5.82 Å². The molecule has 0 radical (unpaired) electrons. The number of alkyl halides is 2. The van der Waals surface area contributed by atoms with Crippen molar-refractivity contribution in [3.8, 4) is 0 Å². The molecule has 2 rings (SSSR count). The maximum absolute atomic E-state index is 13.4. The van der Waals surface area contributed by atoms with Gasteiger partial charge in [-0.15, -0.1) is 0 Å². The molecule has 1 aromatic carbocycles. The number of rotatable bonds is 3. The molecule has 106 valence electrons. The molecule has 1 aliphatic carbocycles. The Morgan fingerprint density at radius 3 is 2.58 bits per heavy atom. The molecule has 1 saturated carbocycles. The number of halogens is 5. The summed E-state index contributed by atoms with van der Waals surface area (Å²) in [5.74, 6) is -2.91. The fourth-order valence-corrected chi connectivity index (χ4v) is 2.90. The van der Waals surface area contributed by atoms with E-state index in [4.69, 9.17) is 11.6 Å². The van der Waals surface area contributed by atoms with Crippen LogP contribution in [0.3, 0.4) is 0 Å². The molecule has 0 bridgehead atoms. The van der Waals surface area contributed by atoms with E-state index in [1.54, 1.807) is 0 Å². The lowest BCUT2D eigenvalue weighted by molar-refractivity contribution is -0.0405. The summed E-state index contributed by atoms with van der Waals surface area (Å²) in [7, 11) is 0. The predicted molar refractivity (Wildman–Crippen MR) is 73.2 cm³/mol. The zero-order valence-corrected chi connectivity index (χ0v) is 12.5. The molecule has 1 nitrogen and oxygen atoms in total. The van der Waals surface area contributed by atoms with Crippen LogP contribution in [0, 0.1) is 5.82 Å². The second-order valence-corrected chi connectivity index (χ2v) is 6.13. The fraction of sp³-hybridized carbons (Fsp3) is 0.538. The van der Waals surface area contributed by atoms with Gasteiger partial charge >= 0.3 is 0 Å². The maximum atomic E-state index is 13.4. The average molecular weight is 357 g/mol. The minimum absolute atomic E-state index is 0.0439. The van der Waals surface area contributed by atoms with E-state index >= 15 is 0 Å². The number of nitrogens with one attached hydrogen (secondary N) is 1. The number of benzene rings is 1. The van der Waals surface area contributed by atoms with Crippen molar-refractivity contribution in [2.75, 3.05) is 0 Å². The van der Waals surface area contributed by atoms with E-state index in [1.165, 1.54) is 12.1 Å². The summed E-state index contributed by atoms with van der Waals surface area (Å²) >= 11 is 9.07. The first-order valence-corrected chi connectivity index (χ1v) is 7.29. The number of hydrogen-bond donors (Lipinski definition) is 1. The van der Waals surface area contributed by atoms with Crippen molar-refractivity contribution in [1.29, 1.82) is 0 Å². The summed E-state index contributed by atoms with van der Waals surface area (Å²) in [5.41, 5.74) is 0.639. The first-order chi connectivity index (χ1) is 8.87. The van der Waals surface area contributed by atoms with Crippen LogP contribution in [-0.2, 0) is 6.54 Å². The van der Waals surface area contributed by atoms with Crippen molar-refractivity contribution in [3.63, 3.8) is 0 Å². The van der Waals surface area contributed by atoms with Gasteiger partial charge in [0.2, 0.25) is 5.92 Å².